The lowest BCUT2D eigenvalue weighted by molar-refractivity contribution is 0.227. The summed E-state index contributed by atoms with van der Waals surface area (Å²) in [6.07, 6.45) is 8.37. The predicted octanol–water partition coefficient (Wildman–Crippen LogP) is 4.02. The second-order valence-electron chi connectivity index (χ2n) is 6.34. The molecule has 3 aliphatic carbocycles. The highest BCUT2D eigenvalue weighted by Gasteiger charge is 2.63. The molecule has 2 fully saturated rings. The maximum Gasteiger partial charge on any atom is -0.0141 e. The van der Waals surface area contributed by atoms with E-state index in [2.05, 4.69) is 26.8 Å². The highest BCUT2D eigenvalue weighted by atomic mass is 14.7. The van der Waals surface area contributed by atoms with Crippen molar-refractivity contribution >= 4 is 0 Å². The molecule has 0 heterocycles. The van der Waals surface area contributed by atoms with Crippen LogP contribution in [0.5, 0.6) is 0 Å². The van der Waals surface area contributed by atoms with Gasteiger partial charge in [0.25, 0.3) is 0 Å². The zero-order valence-corrected chi connectivity index (χ0v) is 9.72. The lowest BCUT2D eigenvalue weighted by Crippen LogP contribution is -2.26. The molecule has 0 heteroatoms. The minimum absolute atomic E-state index is 0.672. The van der Waals surface area contributed by atoms with E-state index in [1.165, 1.54) is 25.7 Å². The highest BCUT2D eigenvalue weighted by Crippen LogP contribution is 2.70. The first-order chi connectivity index (χ1) is 6.62. The molecule has 0 radical (unpaired) electrons. The van der Waals surface area contributed by atoms with Gasteiger partial charge in [-0.2, -0.15) is 0 Å². The van der Waals surface area contributed by atoms with Crippen molar-refractivity contribution in [2.45, 2.75) is 46.5 Å². The molecule has 4 atom stereocenters. The van der Waals surface area contributed by atoms with Gasteiger partial charge in [0, 0.05) is 0 Å². The van der Waals surface area contributed by atoms with Crippen LogP contribution in [0.1, 0.15) is 46.5 Å². The lowest BCUT2D eigenvalue weighted by atomic mass is 9.70. The summed E-state index contributed by atoms with van der Waals surface area (Å²) < 4.78 is 0. The number of fused-ring (bicyclic) bond motifs is 3. The Morgan fingerprint density at radius 3 is 2.79 bits per heavy atom. The Bertz CT molecular complexity index is 284. The standard InChI is InChI=1S/C14H22/c1-9-5-4-6-10-7-8-11-13(12(9)10)14(11,2)3/h5,10-13H,4,6-8H2,1-3H3. The van der Waals surface area contributed by atoms with E-state index < -0.39 is 0 Å². The van der Waals surface area contributed by atoms with Gasteiger partial charge in [0.05, 0.1) is 0 Å². The minimum Gasteiger partial charge on any atom is -0.0853 e. The largest absolute Gasteiger partial charge is 0.0853 e. The van der Waals surface area contributed by atoms with Crippen LogP contribution in [0.25, 0.3) is 0 Å². The van der Waals surface area contributed by atoms with Crippen LogP contribution in [0.3, 0.4) is 0 Å². The second kappa shape index (κ2) is 2.65. The van der Waals surface area contributed by atoms with Gasteiger partial charge in [0.15, 0.2) is 0 Å². The number of hydrogen-bond acceptors (Lipinski definition) is 0. The maximum atomic E-state index is 2.51. The minimum atomic E-state index is 0.672. The maximum absolute atomic E-state index is 2.51. The van der Waals surface area contributed by atoms with Gasteiger partial charge < -0.3 is 0 Å². The van der Waals surface area contributed by atoms with Crippen LogP contribution in [-0.2, 0) is 0 Å². The number of rotatable bonds is 0. The average molecular weight is 190 g/mol. The molecular weight excluding hydrogens is 168 g/mol. The molecule has 0 amide bonds. The third kappa shape index (κ3) is 1.00. The van der Waals surface area contributed by atoms with Crippen LogP contribution in [0, 0.1) is 29.1 Å². The fraction of sp³-hybridized carbons (Fsp3) is 0.857. The van der Waals surface area contributed by atoms with Gasteiger partial charge in [-0.05, 0) is 61.7 Å². The van der Waals surface area contributed by atoms with Gasteiger partial charge in [-0.25, -0.2) is 0 Å². The molecule has 0 nitrogen and oxygen atoms in total. The molecule has 0 N–H and O–H groups in total. The zero-order valence-electron chi connectivity index (χ0n) is 9.72. The molecule has 78 valence electrons. The second-order valence-corrected chi connectivity index (χ2v) is 6.34. The molecule has 0 bridgehead atoms. The highest BCUT2D eigenvalue weighted by molar-refractivity contribution is 5.22. The predicted molar refractivity (Wildman–Crippen MR) is 60.0 cm³/mol. The summed E-state index contributed by atoms with van der Waals surface area (Å²) in [4.78, 5) is 0. The van der Waals surface area contributed by atoms with Crippen molar-refractivity contribution in [3.8, 4) is 0 Å². The van der Waals surface area contributed by atoms with E-state index in [1.807, 2.05) is 0 Å². The van der Waals surface area contributed by atoms with E-state index in [-0.39, 0.29) is 0 Å². The molecule has 4 unspecified atom stereocenters. The van der Waals surface area contributed by atoms with Gasteiger partial charge in [-0.15, -0.1) is 0 Å². The van der Waals surface area contributed by atoms with Crippen LogP contribution in [0.4, 0.5) is 0 Å². The van der Waals surface area contributed by atoms with Crippen LogP contribution in [0.2, 0.25) is 0 Å². The lowest BCUT2D eigenvalue weighted by Gasteiger charge is -2.35. The van der Waals surface area contributed by atoms with Crippen LogP contribution < -0.4 is 0 Å². The Kier molecular flexibility index (Phi) is 1.70. The van der Waals surface area contributed by atoms with Crippen molar-refractivity contribution in [1.29, 1.82) is 0 Å². The summed E-state index contributed by atoms with van der Waals surface area (Å²) in [5.74, 6) is 4.11. The smallest absolute Gasteiger partial charge is 0.0141 e. The third-order valence-corrected chi connectivity index (χ3v) is 5.41. The van der Waals surface area contributed by atoms with E-state index in [0.29, 0.717) is 5.41 Å². The molecule has 3 aliphatic rings. The van der Waals surface area contributed by atoms with Crippen molar-refractivity contribution in [3.63, 3.8) is 0 Å². The van der Waals surface area contributed by atoms with Crippen LogP contribution in [0.15, 0.2) is 11.6 Å². The van der Waals surface area contributed by atoms with Crippen LogP contribution in [-0.4, -0.2) is 0 Å². The summed E-state index contributed by atoms with van der Waals surface area (Å²) in [6, 6.07) is 0. The van der Waals surface area contributed by atoms with Crippen molar-refractivity contribution in [2.24, 2.45) is 29.1 Å². The number of allylic oxidation sites excluding steroid dienone is 2. The van der Waals surface area contributed by atoms with Crippen molar-refractivity contribution in [2.75, 3.05) is 0 Å². The number of hydrogen-bond donors (Lipinski definition) is 0. The quantitative estimate of drug-likeness (QED) is 0.506. The Morgan fingerprint density at radius 1 is 1.21 bits per heavy atom. The van der Waals surface area contributed by atoms with Gasteiger partial charge in [-0.3, -0.25) is 0 Å². The summed E-state index contributed by atoms with van der Waals surface area (Å²) in [5, 5.41) is 0. The van der Waals surface area contributed by atoms with E-state index in [0.717, 1.165) is 23.7 Å². The van der Waals surface area contributed by atoms with Crippen molar-refractivity contribution < 1.29 is 0 Å². The Labute approximate surface area is 87.8 Å². The fourth-order valence-electron chi connectivity index (χ4n) is 4.56. The van der Waals surface area contributed by atoms with Gasteiger partial charge in [-0.1, -0.05) is 25.5 Å². The molecule has 0 aromatic carbocycles. The first-order valence-corrected chi connectivity index (χ1v) is 6.29. The first-order valence-electron chi connectivity index (χ1n) is 6.29. The molecular formula is C14H22. The summed E-state index contributed by atoms with van der Waals surface area (Å²) in [5.41, 5.74) is 2.40. The molecule has 0 aliphatic heterocycles. The Hall–Kier alpha value is -0.260. The molecule has 0 saturated heterocycles. The Balaban J connectivity index is 1.92. The van der Waals surface area contributed by atoms with Gasteiger partial charge in [0.1, 0.15) is 0 Å². The zero-order chi connectivity index (χ0) is 9.92. The van der Waals surface area contributed by atoms with E-state index in [4.69, 9.17) is 0 Å². The topological polar surface area (TPSA) is 0 Å². The summed E-state index contributed by atoms with van der Waals surface area (Å²) in [7, 11) is 0. The summed E-state index contributed by atoms with van der Waals surface area (Å²) in [6.45, 7) is 7.37. The Morgan fingerprint density at radius 2 is 2.00 bits per heavy atom. The van der Waals surface area contributed by atoms with Crippen LogP contribution >= 0.6 is 0 Å². The summed E-state index contributed by atoms with van der Waals surface area (Å²) >= 11 is 0. The first kappa shape index (κ1) is 9.00. The molecule has 0 aromatic rings. The average Bonchev–Trinajstić information content (AvgIpc) is 2.70. The van der Waals surface area contributed by atoms with Crippen molar-refractivity contribution in [3.05, 3.63) is 11.6 Å². The SMILES string of the molecule is CC1=CCCC2CCC3C(C12)C3(C)C. The van der Waals surface area contributed by atoms with Crippen molar-refractivity contribution in [1.82, 2.24) is 0 Å². The van der Waals surface area contributed by atoms with E-state index in [1.54, 1.807) is 5.57 Å². The monoisotopic (exact) mass is 190 g/mol. The molecule has 2 saturated carbocycles. The van der Waals surface area contributed by atoms with Gasteiger partial charge in [0.2, 0.25) is 0 Å². The van der Waals surface area contributed by atoms with E-state index >= 15 is 0 Å². The van der Waals surface area contributed by atoms with E-state index in [9.17, 15) is 0 Å². The molecule has 3 rings (SSSR count). The third-order valence-electron chi connectivity index (χ3n) is 5.41. The normalized spacial score (nSPS) is 48.9. The molecule has 0 aromatic heterocycles. The fourth-order valence-corrected chi connectivity index (χ4v) is 4.56. The molecule has 0 spiro atoms. The van der Waals surface area contributed by atoms with Gasteiger partial charge >= 0.3 is 0 Å². The molecule has 14 heavy (non-hydrogen) atoms.